The standard InChI is InChI=1S/C31H37N7O3/c1-20-8-10-23-17-25(31(39)32-28(23)21(20)2)29(30-33-34-35-38(30)24-6-4-3-5-7-24)37-14-12-36(13-15-37)18-22-9-11-26-27(16-22)41-19-40-26/h8-11,16-17,24,29H,3-7,12-15,18-19H2,1-2H3,(H,32,39)/t29-/m1/s1. The molecule has 1 aliphatic carbocycles. The number of benzene rings is 2. The molecule has 1 N–H and O–H groups in total. The summed E-state index contributed by atoms with van der Waals surface area (Å²) in [6, 6.07) is 12.4. The molecule has 4 heterocycles. The SMILES string of the molecule is Cc1ccc2cc([C@H](c3nnnn3C3CCCCC3)N3CCN(Cc4ccc5c(c4)OCO5)CC3)c(=O)[nH]c2c1C. The first-order valence-corrected chi connectivity index (χ1v) is 14.8. The molecule has 1 saturated heterocycles. The minimum Gasteiger partial charge on any atom is -0.454 e. The zero-order chi connectivity index (χ0) is 27.9. The fraction of sp³-hybridized carbons (Fsp3) is 0.484. The maximum absolute atomic E-state index is 13.8. The fourth-order valence-corrected chi connectivity index (χ4v) is 6.69. The predicted molar refractivity (Wildman–Crippen MR) is 155 cm³/mol. The molecule has 2 aromatic carbocycles. The van der Waals surface area contributed by atoms with Crippen LogP contribution in [-0.2, 0) is 6.54 Å². The molecule has 0 spiro atoms. The number of piperazine rings is 1. The second-order valence-corrected chi connectivity index (χ2v) is 11.7. The smallest absolute Gasteiger partial charge is 0.253 e. The van der Waals surface area contributed by atoms with E-state index in [0.717, 1.165) is 84.9 Å². The molecule has 214 valence electrons. The number of nitrogens with zero attached hydrogens (tertiary/aromatic N) is 6. The van der Waals surface area contributed by atoms with Crippen LogP contribution in [0.4, 0.5) is 0 Å². The van der Waals surface area contributed by atoms with Crippen LogP contribution >= 0.6 is 0 Å². The molecule has 0 bridgehead atoms. The van der Waals surface area contributed by atoms with Crippen molar-refractivity contribution in [1.82, 2.24) is 35.0 Å². The highest BCUT2D eigenvalue weighted by molar-refractivity contribution is 5.83. The van der Waals surface area contributed by atoms with Gasteiger partial charge in [0.15, 0.2) is 17.3 Å². The van der Waals surface area contributed by atoms with E-state index in [1.807, 2.05) is 10.7 Å². The van der Waals surface area contributed by atoms with Crippen molar-refractivity contribution in [3.8, 4) is 11.5 Å². The lowest BCUT2D eigenvalue weighted by molar-refractivity contribution is 0.0982. The molecule has 4 aromatic rings. The van der Waals surface area contributed by atoms with Crippen LogP contribution in [-0.4, -0.2) is 68.0 Å². The Balaban J connectivity index is 1.20. The maximum atomic E-state index is 13.8. The number of hydrogen-bond acceptors (Lipinski definition) is 8. The molecule has 3 aliphatic rings. The van der Waals surface area contributed by atoms with Crippen molar-refractivity contribution in [2.24, 2.45) is 0 Å². The van der Waals surface area contributed by atoms with Gasteiger partial charge in [-0.1, -0.05) is 37.5 Å². The predicted octanol–water partition coefficient (Wildman–Crippen LogP) is 4.27. The van der Waals surface area contributed by atoms with Crippen LogP contribution in [0.2, 0.25) is 0 Å². The molecule has 0 radical (unpaired) electrons. The van der Waals surface area contributed by atoms with Gasteiger partial charge in [0.2, 0.25) is 6.79 Å². The normalized spacial score (nSPS) is 19.2. The Morgan fingerprint density at radius 2 is 1.78 bits per heavy atom. The fourth-order valence-electron chi connectivity index (χ4n) is 6.69. The van der Waals surface area contributed by atoms with Gasteiger partial charge in [0.1, 0.15) is 6.04 Å². The van der Waals surface area contributed by atoms with E-state index in [-0.39, 0.29) is 24.4 Å². The highest BCUT2D eigenvalue weighted by Gasteiger charge is 2.34. The summed E-state index contributed by atoms with van der Waals surface area (Å²) in [5.74, 6) is 2.40. The number of pyridine rings is 1. The minimum atomic E-state index is -0.325. The third-order valence-electron chi connectivity index (χ3n) is 9.17. The molecule has 10 nitrogen and oxygen atoms in total. The molecule has 0 unspecified atom stereocenters. The van der Waals surface area contributed by atoms with Crippen molar-refractivity contribution in [2.75, 3.05) is 33.0 Å². The Bertz CT molecular complexity index is 1620. The summed E-state index contributed by atoms with van der Waals surface area (Å²) in [4.78, 5) is 21.8. The first kappa shape index (κ1) is 26.2. The van der Waals surface area contributed by atoms with Gasteiger partial charge < -0.3 is 14.5 Å². The molecule has 0 amide bonds. The summed E-state index contributed by atoms with van der Waals surface area (Å²) in [6.45, 7) is 8.61. The van der Waals surface area contributed by atoms with Crippen LogP contribution in [0.25, 0.3) is 10.9 Å². The zero-order valence-electron chi connectivity index (χ0n) is 23.8. The van der Waals surface area contributed by atoms with Gasteiger partial charge in [-0.2, -0.15) is 0 Å². The molecule has 10 heteroatoms. The van der Waals surface area contributed by atoms with Crippen LogP contribution < -0.4 is 15.0 Å². The van der Waals surface area contributed by atoms with Gasteiger partial charge >= 0.3 is 0 Å². The Kier molecular flexibility index (Phi) is 6.96. The Morgan fingerprint density at radius 3 is 2.61 bits per heavy atom. The Labute approximate surface area is 239 Å². The van der Waals surface area contributed by atoms with Crippen molar-refractivity contribution in [3.05, 3.63) is 74.8 Å². The number of fused-ring (bicyclic) bond motifs is 2. The summed E-state index contributed by atoms with van der Waals surface area (Å²) >= 11 is 0. The number of ether oxygens (including phenoxy) is 2. The van der Waals surface area contributed by atoms with Crippen molar-refractivity contribution in [1.29, 1.82) is 0 Å². The minimum absolute atomic E-state index is 0.0721. The molecule has 7 rings (SSSR count). The van der Waals surface area contributed by atoms with Crippen LogP contribution in [0.5, 0.6) is 11.5 Å². The van der Waals surface area contributed by atoms with E-state index in [1.54, 1.807) is 0 Å². The lowest BCUT2D eigenvalue weighted by Gasteiger charge is -2.39. The Morgan fingerprint density at radius 1 is 0.976 bits per heavy atom. The second kappa shape index (κ2) is 10.9. The number of tetrazole rings is 1. The molecule has 41 heavy (non-hydrogen) atoms. The van der Waals surface area contributed by atoms with E-state index in [0.29, 0.717) is 5.56 Å². The number of hydrogen-bond donors (Lipinski definition) is 1. The first-order chi connectivity index (χ1) is 20.0. The van der Waals surface area contributed by atoms with Gasteiger partial charge in [0.25, 0.3) is 5.56 Å². The van der Waals surface area contributed by atoms with E-state index in [4.69, 9.17) is 9.47 Å². The van der Waals surface area contributed by atoms with E-state index < -0.39 is 0 Å². The molecular weight excluding hydrogens is 518 g/mol. The summed E-state index contributed by atoms with van der Waals surface area (Å²) in [6.07, 6.45) is 5.76. The topological polar surface area (TPSA) is 101 Å². The van der Waals surface area contributed by atoms with Crippen molar-refractivity contribution < 1.29 is 9.47 Å². The first-order valence-electron chi connectivity index (χ1n) is 14.8. The van der Waals surface area contributed by atoms with Crippen molar-refractivity contribution in [2.45, 2.75) is 64.6 Å². The second-order valence-electron chi connectivity index (χ2n) is 11.7. The molecule has 1 atom stereocenters. The summed E-state index contributed by atoms with van der Waals surface area (Å²) < 4.78 is 13.1. The number of nitrogens with one attached hydrogen (secondary N) is 1. The third-order valence-corrected chi connectivity index (χ3v) is 9.17. The van der Waals surface area contributed by atoms with E-state index in [9.17, 15) is 4.79 Å². The molecule has 2 aromatic heterocycles. The summed E-state index contributed by atoms with van der Waals surface area (Å²) in [5.41, 5.74) is 5.01. The van der Waals surface area contributed by atoms with Crippen LogP contribution in [0.1, 0.15) is 72.3 Å². The quantitative estimate of drug-likeness (QED) is 0.376. The van der Waals surface area contributed by atoms with Gasteiger partial charge in [-0.3, -0.25) is 14.6 Å². The van der Waals surface area contributed by atoms with Gasteiger partial charge in [0, 0.05) is 38.3 Å². The monoisotopic (exact) mass is 555 g/mol. The highest BCUT2D eigenvalue weighted by atomic mass is 16.7. The number of aromatic nitrogens is 5. The van der Waals surface area contributed by atoms with E-state index in [1.165, 1.54) is 24.8 Å². The van der Waals surface area contributed by atoms with Gasteiger partial charge in [-0.25, -0.2) is 4.68 Å². The van der Waals surface area contributed by atoms with Gasteiger partial charge in [0.05, 0.1) is 11.6 Å². The highest BCUT2D eigenvalue weighted by Crippen LogP contribution is 2.35. The number of H-pyrrole nitrogens is 1. The van der Waals surface area contributed by atoms with Crippen LogP contribution in [0.3, 0.4) is 0 Å². The molecule has 2 fully saturated rings. The summed E-state index contributed by atoms with van der Waals surface area (Å²) in [5, 5.41) is 14.2. The summed E-state index contributed by atoms with van der Waals surface area (Å²) in [7, 11) is 0. The molecule has 1 saturated carbocycles. The number of rotatable bonds is 6. The number of aryl methyl sites for hydroxylation is 2. The Hall–Kier alpha value is -3.76. The molecular formula is C31H37N7O3. The molecule has 2 aliphatic heterocycles. The third kappa shape index (κ3) is 4.99. The van der Waals surface area contributed by atoms with Crippen LogP contribution in [0, 0.1) is 13.8 Å². The largest absolute Gasteiger partial charge is 0.454 e. The van der Waals surface area contributed by atoms with E-state index in [2.05, 4.69) is 74.5 Å². The van der Waals surface area contributed by atoms with Crippen LogP contribution in [0.15, 0.2) is 41.2 Å². The average Bonchev–Trinajstić information content (AvgIpc) is 3.67. The van der Waals surface area contributed by atoms with Gasteiger partial charge in [-0.05, 0) is 77.4 Å². The maximum Gasteiger partial charge on any atom is 0.253 e. The van der Waals surface area contributed by atoms with E-state index >= 15 is 0 Å². The van der Waals surface area contributed by atoms with Crippen molar-refractivity contribution >= 4 is 10.9 Å². The lowest BCUT2D eigenvalue weighted by atomic mass is 9.94. The van der Waals surface area contributed by atoms with Crippen molar-refractivity contribution in [3.63, 3.8) is 0 Å². The average molecular weight is 556 g/mol. The van der Waals surface area contributed by atoms with Gasteiger partial charge in [-0.15, -0.1) is 5.10 Å². The lowest BCUT2D eigenvalue weighted by Crippen LogP contribution is -2.48. The number of aromatic amines is 1. The zero-order valence-corrected chi connectivity index (χ0v) is 23.8.